The molecule has 3 aliphatic rings. The Hall–Kier alpha value is -4.93. The molecule has 49 heavy (non-hydrogen) atoms. The average molecular weight is 697 g/mol. The zero-order valence-electron chi connectivity index (χ0n) is 27.4. The van der Waals surface area contributed by atoms with Crippen molar-refractivity contribution in [3.8, 4) is 5.75 Å². The minimum Gasteiger partial charge on any atom is -0.495 e. The predicted molar refractivity (Wildman–Crippen MR) is 196 cm³/mol. The van der Waals surface area contributed by atoms with E-state index < -0.39 is 0 Å². The van der Waals surface area contributed by atoms with Crippen molar-refractivity contribution in [3.63, 3.8) is 0 Å². The Balaban J connectivity index is 0.000000116. The molecule has 3 N–H and O–H groups in total. The molecule has 12 heteroatoms. The number of benzene rings is 3. The second-order valence-corrected chi connectivity index (χ2v) is 12.9. The van der Waals surface area contributed by atoms with E-state index in [0.717, 1.165) is 91.8 Å². The highest BCUT2D eigenvalue weighted by Crippen LogP contribution is 2.38. The van der Waals surface area contributed by atoms with Gasteiger partial charge >= 0.3 is 0 Å². The van der Waals surface area contributed by atoms with Crippen LogP contribution in [0.4, 0.5) is 17.1 Å². The van der Waals surface area contributed by atoms with E-state index in [9.17, 15) is 0 Å². The van der Waals surface area contributed by atoms with Gasteiger partial charge in [-0.3, -0.25) is 0 Å². The smallest absolute Gasteiger partial charge is 0.142 e. The van der Waals surface area contributed by atoms with Gasteiger partial charge in [0.15, 0.2) is 0 Å². The number of hydrogen-bond acceptors (Lipinski definition) is 7. The maximum Gasteiger partial charge on any atom is 0.142 e. The van der Waals surface area contributed by atoms with Crippen molar-refractivity contribution < 1.29 is 4.74 Å². The van der Waals surface area contributed by atoms with Crippen molar-refractivity contribution in [2.45, 2.75) is 38.9 Å². The van der Waals surface area contributed by atoms with E-state index >= 15 is 0 Å². The lowest BCUT2D eigenvalue weighted by atomic mass is 10.1. The predicted octanol–water partition coefficient (Wildman–Crippen LogP) is 7.23. The van der Waals surface area contributed by atoms with Crippen LogP contribution >= 0.6 is 23.2 Å². The Morgan fingerprint density at radius 2 is 1.24 bits per heavy atom. The number of nitrogens with one attached hydrogen (secondary N) is 3. The molecular weight excluding hydrogens is 657 g/mol. The molecule has 6 aromatic rings. The fraction of sp³-hybridized carbons (Fsp3) is 0.270. The highest BCUT2D eigenvalue weighted by atomic mass is 35.5. The number of aromatic nitrogens is 6. The van der Waals surface area contributed by atoms with Crippen molar-refractivity contribution >= 4 is 40.3 Å². The van der Waals surface area contributed by atoms with Crippen LogP contribution in [0.3, 0.4) is 0 Å². The molecular formula is C37H39Cl2N9O. The Morgan fingerprint density at radius 1 is 0.653 bits per heavy atom. The number of aromatic amines is 3. The molecule has 0 aliphatic carbocycles. The first-order valence-corrected chi connectivity index (χ1v) is 17.2. The molecule has 6 heterocycles. The van der Waals surface area contributed by atoms with E-state index in [1.807, 2.05) is 55.0 Å². The van der Waals surface area contributed by atoms with Crippen LogP contribution < -0.4 is 19.4 Å². The number of nitrogens with zero attached hydrogens (tertiary/aromatic N) is 6. The van der Waals surface area contributed by atoms with Crippen molar-refractivity contribution in [1.29, 1.82) is 0 Å². The summed E-state index contributed by atoms with van der Waals surface area (Å²) in [5.41, 5.74) is 7.68. The summed E-state index contributed by atoms with van der Waals surface area (Å²) in [6.45, 7) is 5.52. The summed E-state index contributed by atoms with van der Waals surface area (Å²) in [6.07, 6.45) is 14.1. The van der Waals surface area contributed by atoms with Crippen LogP contribution in [0.2, 0.25) is 10.0 Å². The molecule has 0 saturated heterocycles. The van der Waals surface area contributed by atoms with Crippen LogP contribution in [-0.2, 0) is 38.9 Å². The van der Waals surface area contributed by atoms with Gasteiger partial charge in [-0.2, -0.15) is 0 Å². The topological polar surface area (TPSA) is 105 Å². The SMILES string of the molecule is COc1cccc2c1N(Cc1ncc[nH]1)CC2.Clc1ccc2c(c1)N(Cc1ncc[nH]1)CC2.Clc1cccc2c1CCN2Cc1ncc[nH]1. The summed E-state index contributed by atoms with van der Waals surface area (Å²) in [6, 6.07) is 18.4. The Bertz CT molecular complexity index is 1910. The van der Waals surface area contributed by atoms with Gasteiger partial charge in [-0.1, -0.05) is 47.5 Å². The van der Waals surface area contributed by atoms with Gasteiger partial charge in [-0.25, -0.2) is 15.0 Å². The second-order valence-electron chi connectivity index (χ2n) is 12.1. The quantitative estimate of drug-likeness (QED) is 0.162. The molecule has 3 aliphatic heterocycles. The Kier molecular flexibility index (Phi) is 10.0. The number of rotatable bonds is 7. The maximum atomic E-state index is 6.17. The fourth-order valence-electron chi connectivity index (χ4n) is 6.72. The molecule has 10 nitrogen and oxygen atoms in total. The number of ether oxygens (including phenoxy) is 1. The third-order valence-corrected chi connectivity index (χ3v) is 9.65. The van der Waals surface area contributed by atoms with E-state index in [1.165, 1.54) is 33.8 Å². The first-order valence-electron chi connectivity index (χ1n) is 16.5. The van der Waals surface area contributed by atoms with Crippen LogP contribution in [0.25, 0.3) is 0 Å². The second kappa shape index (κ2) is 15.1. The van der Waals surface area contributed by atoms with E-state index in [4.69, 9.17) is 27.9 Å². The van der Waals surface area contributed by atoms with Crippen molar-refractivity contribution in [2.24, 2.45) is 0 Å². The standard InChI is InChI=1S/C13H15N3O.2C12H12ClN3/c1-17-11-4-2-3-10-5-8-16(13(10)11)9-12-14-6-7-15-12;13-10-2-1-9-3-6-16(11(9)7-10)8-12-14-4-5-15-12;13-10-2-1-3-11-9(10)4-7-16(11)8-12-14-5-6-15-12/h2-4,6-7H,5,8-9H2,1H3,(H,14,15);1-2,4-5,7H,3,6,8H2,(H,14,15);1-3,5-6H,4,7-8H2,(H,14,15). The third-order valence-electron chi connectivity index (χ3n) is 9.06. The summed E-state index contributed by atoms with van der Waals surface area (Å²) in [7, 11) is 1.72. The number of halogens is 2. The number of hydrogen-bond donors (Lipinski definition) is 3. The van der Waals surface area contributed by atoms with Gasteiger partial charge in [0.2, 0.25) is 0 Å². The van der Waals surface area contributed by atoms with Crippen LogP contribution in [0.1, 0.15) is 34.2 Å². The number of anilines is 3. The molecule has 0 saturated carbocycles. The molecule has 252 valence electrons. The number of imidazole rings is 3. The molecule has 3 aromatic carbocycles. The van der Waals surface area contributed by atoms with Crippen LogP contribution in [0.15, 0.2) is 91.8 Å². The molecule has 0 atom stereocenters. The lowest BCUT2D eigenvalue weighted by Crippen LogP contribution is -2.20. The lowest BCUT2D eigenvalue weighted by molar-refractivity contribution is 0.415. The summed E-state index contributed by atoms with van der Waals surface area (Å²) in [4.78, 5) is 29.1. The minimum atomic E-state index is 0.796. The molecule has 0 spiro atoms. The van der Waals surface area contributed by atoms with Crippen LogP contribution in [0, 0.1) is 0 Å². The van der Waals surface area contributed by atoms with Crippen LogP contribution in [-0.4, -0.2) is 56.6 Å². The molecule has 0 fully saturated rings. The van der Waals surface area contributed by atoms with Crippen molar-refractivity contribution in [2.75, 3.05) is 41.4 Å². The highest BCUT2D eigenvalue weighted by Gasteiger charge is 2.24. The van der Waals surface area contributed by atoms with Gasteiger partial charge in [-0.05, 0) is 66.3 Å². The molecule has 3 aromatic heterocycles. The molecule has 0 bridgehead atoms. The molecule has 9 rings (SSSR count). The van der Waals surface area contributed by atoms with E-state index in [-0.39, 0.29) is 0 Å². The highest BCUT2D eigenvalue weighted by molar-refractivity contribution is 6.32. The third kappa shape index (κ3) is 7.55. The monoisotopic (exact) mass is 695 g/mol. The van der Waals surface area contributed by atoms with Gasteiger partial charge in [0.05, 0.1) is 32.4 Å². The summed E-state index contributed by atoms with van der Waals surface area (Å²) in [5, 5.41) is 1.67. The summed E-state index contributed by atoms with van der Waals surface area (Å²) >= 11 is 12.2. The van der Waals surface area contributed by atoms with Gasteiger partial charge in [0.1, 0.15) is 23.2 Å². The van der Waals surface area contributed by atoms with E-state index in [0.29, 0.717) is 0 Å². The van der Waals surface area contributed by atoms with E-state index in [2.05, 4.69) is 62.8 Å². The zero-order valence-corrected chi connectivity index (χ0v) is 28.9. The van der Waals surface area contributed by atoms with E-state index in [1.54, 1.807) is 25.7 Å². The average Bonchev–Trinajstić information content (AvgIpc) is 3.97. The Labute approximate surface area is 296 Å². The van der Waals surface area contributed by atoms with Gasteiger partial charge in [0.25, 0.3) is 0 Å². The van der Waals surface area contributed by atoms with Gasteiger partial charge < -0.3 is 34.4 Å². The largest absolute Gasteiger partial charge is 0.495 e. The maximum absolute atomic E-state index is 6.17. The van der Waals surface area contributed by atoms with Gasteiger partial charge in [-0.15, -0.1) is 0 Å². The first kappa shape index (κ1) is 32.6. The fourth-order valence-corrected chi connectivity index (χ4v) is 7.15. The zero-order chi connectivity index (χ0) is 33.6. The van der Waals surface area contributed by atoms with Crippen LogP contribution in [0.5, 0.6) is 5.75 Å². The Morgan fingerprint density at radius 3 is 1.90 bits per heavy atom. The molecule has 0 radical (unpaired) electrons. The minimum absolute atomic E-state index is 0.796. The van der Waals surface area contributed by atoms with Crippen molar-refractivity contribution in [1.82, 2.24) is 29.9 Å². The number of H-pyrrole nitrogens is 3. The number of para-hydroxylation sites is 1. The van der Waals surface area contributed by atoms with Gasteiger partial charge in [0, 0.05) is 78.2 Å². The normalized spacial score (nSPS) is 14.1. The summed E-state index contributed by atoms with van der Waals surface area (Å²) < 4.78 is 5.43. The molecule has 0 unspecified atom stereocenters. The van der Waals surface area contributed by atoms with Crippen molar-refractivity contribution in [3.05, 3.63) is 136 Å². The number of methoxy groups -OCH3 is 1. The summed E-state index contributed by atoms with van der Waals surface area (Å²) in [5.74, 6) is 3.93. The first-order chi connectivity index (χ1) is 24.1. The lowest BCUT2D eigenvalue weighted by Gasteiger charge is -2.20. The molecule has 0 amide bonds. The number of fused-ring (bicyclic) bond motifs is 3.